The van der Waals surface area contributed by atoms with Gasteiger partial charge in [0.25, 0.3) is 0 Å². The molecule has 0 amide bonds. The summed E-state index contributed by atoms with van der Waals surface area (Å²) in [6.45, 7) is 2.65. The van der Waals surface area contributed by atoms with Crippen molar-refractivity contribution in [2.75, 3.05) is 30.4 Å². The highest BCUT2D eigenvalue weighted by molar-refractivity contribution is 6.01. The number of nitrogens with one attached hydrogen (secondary N) is 1. The van der Waals surface area contributed by atoms with Crippen molar-refractivity contribution < 1.29 is 23.8 Å². The van der Waals surface area contributed by atoms with Crippen molar-refractivity contribution in [1.29, 1.82) is 0 Å². The number of furan rings is 1. The average Bonchev–Trinajstić information content (AvgIpc) is 3.24. The van der Waals surface area contributed by atoms with E-state index in [9.17, 15) is 14.7 Å². The fourth-order valence-electron chi connectivity index (χ4n) is 3.50. The Balaban J connectivity index is 1.57. The molecule has 2 heterocycles. The van der Waals surface area contributed by atoms with Crippen molar-refractivity contribution in [2.24, 2.45) is 0 Å². The minimum atomic E-state index is -0.950. The molecule has 0 saturated carbocycles. The SMILES string of the molecule is COc1ccc(NCC2=CN(c3cccc(C(=O)O)c3)CC=C2)c2cc(C(C)=O)oc12. The van der Waals surface area contributed by atoms with Gasteiger partial charge in [0.05, 0.1) is 12.7 Å². The first-order valence-corrected chi connectivity index (χ1v) is 9.79. The number of benzene rings is 2. The monoisotopic (exact) mass is 418 g/mol. The van der Waals surface area contributed by atoms with Gasteiger partial charge in [-0.15, -0.1) is 0 Å². The van der Waals surface area contributed by atoms with Crippen LogP contribution in [0.3, 0.4) is 0 Å². The fourth-order valence-corrected chi connectivity index (χ4v) is 3.50. The highest BCUT2D eigenvalue weighted by Gasteiger charge is 2.16. The molecule has 1 aliphatic heterocycles. The number of methoxy groups -OCH3 is 1. The number of carbonyl (C=O) groups excluding carboxylic acids is 1. The zero-order chi connectivity index (χ0) is 22.0. The van der Waals surface area contributed by atoms with Crippen LogP contribution in [-0.4, -0.2) is 37.1 Å². The Labute approximate surface area is 179 Å². The van der Waals surface area contributed by atoms with Gasteiger partial charge in [-0.05, 0) is 42.0 Å². The number of carbonyl (C=O) groups is 2. The van der Waals surface area contributed by atoms with Crippen molar-refractivity contribution in [2.45, 2.75) is 6.92 Å². The molecule has 0 atom stereocenters. The lowest BCUT2D eigenvalue weighted by atomic mass is 10.1. The van der Waals surface area contributed by atoms with Crippen LogP contribution in [0.4, 0.5) is 11.4 Å². The maximum absolute atomic E-state index is 11.8. The topological polar surface area (TPSA) is 92.0 Å². The molecule has 0 radical (unpaired) electrons. The van der Waals surface area contributed by atoms with Gasteiger partial charge >= 0.3 is 5.97 Å². The van der Waals surface area contributed by atoms with Gasteiger partial charge in [-0.3, -0.25) is 4.79 Å². The van der Waals surface area contributed by atoms with Crippen LogP contribution in [0.25, 0.3) is 11.0 Å². The minimum absolute atomic E-state index is 0.152. The summed E-state index contributed by atoms with van der Waals surface area (Å²) in [5.41, 5.74) is 3.44. The molecule has 0 bridgehead atoms. The average molecular weight is 418 g/mol. The van der Waals surface area contributed by atoms with Crippen LogP contribution in [0, 0.1) is 0 Å². The Hall–Kier alpha value is -4.00. The van der Waals surface area contributed by atoms with Gasteiger partial charge in [-0.1, -0.05) is 18.2 Å². The maximum atomic E-state index is 11.8. The van der Waals surface area contributed by atoms with E-state index in [1.807, 2.05) is 35.4 Å². The van der Waals surface area contributed by atoms with E-state index in [1.165, 1.54) is 6.92 Å². The summed E-state index contributed by atoms with van der Waals surface area (Å²) in [6, 6.07) is 12.3. The number of hydrogen-bond donors (Lipinski definition) is 2. The van der Waals surface area contributed by atoms with Gasteiger partial charge in [0.2, 0.25) is 0 Å². The Morgan fingerprint density at radius 1 is 1.23 bits per heavy atom. The van der Waals surface area contributed by atoms with E-state index in [2.05, 4.69) is 5.32 Å². The lowest BCUT2D eigenvalue weighted by molar-refractivity contribution is 0.0696. The summed E-state index contributed by atoms with van der Waals surface area (Å²) in [6.07, 6.45) is 6.05. The van der Waals surface area contributed by atoms with Crippen molar-refractivity contribution in [3.63, 3.8) is 0 Å². The molecule has 1 aromatic heterocycles. The number of anilines is 2. The second-order valence-corrected chi connectivity index (χ2v) is 7.19. The first kappa shape index (κ1) is 20.3. The summed E-state index contributed by atoms with van der Waals surface area (Å²) in [5.74, 6) is -0.256. The standard InChI is InChI=1S/C24H22N2O5/c1-15(27)22-12-19-20(8-9-21(30-2)23(19)31-22)25-13-16-5-4-10-26(14-16)18-7-3-6-17(11-18)24(28)29/h3-9,11-12,14,25H,10,13H2,1-2H3,(H,28,29). The van der Waals surface area contributed by atoms with Crippen LogP contribution in [0.2, 0.25) is 0 Å². The van der Waals surface area contributed by atoms with Gasteiger partial charge in [0.1, 0.15) is 0 Å². The second kappa shape index (κ2) is 8.39. The van der Waals surface area contributed by atoms with Crippen LogP contribution in [0.15, 0.2) is 70.8 Å². The zero-order valence-corrected chi connectivity index (χ0v) is 17.2. The van der Waals surface area contributed by atoms with Crippen molar-refractivity contribution >= 4 is 34.1 Å². The van der Waals surface area contributed by atoms with E-state index in [4.69, 9.17) is 9.15 Å². The molecule has 2 N–H and O–H groups in total. The normalized spacial score (nSPS) is 13.2. The van der Waals surface area contributed by atoms with E-state index in [-0.39, 0.29) is 17.1 Å². The molecule has 2 aromatic carbocycles. The first-order valence-electron chi connectivity index (χ1n) is 9.79. The van der Waals surface area contributed by atoms with Gasteiger partial charge in [-0.2, -0.15) is 0 Å². The van der Waals surface area contributed by atoms with E-state index in [0.29, 0.717) is 24.4 Å². The van der Waals surface area contributed by atoms with Gasteiger partial charge in [-0.25, -0.2) is 4.79 Å². The fraction of sp³-hybridized carbons (Fsp3) is 0.167. The number of ether oxygens (including phenoxy) is 1. The molecule has 0 spiro atoms. The lowest BCUT2D eigenvalue weighted by Gasteiger charge is -2.24. The van der Waals surface area contributed by atoms with Crippen LogP contribution < -0.4 is 15.0 Å². The number of ketones is 1. The number of carboxylic acids is 1. The summed E-state index contributed by atoms with van der Waals surface area (Å²) < 4.78 is 11.0. The van der Waals surface area contributed by atoms with E-state index >= 15 is 0 Å². The third-order valence-electron chi connectivity index (χ3n) is 5.08. The summed E-state index contributed by atoms with van der Waals surface area (Å²) >= 11 is 0. The van der Waals surface area contributed by atoms with Crippen molar-refractivity contribution in [3.8, 4) is 5.75 Å². The summed E-state index contributed by atoms with van der Waals surface area (Å²) in [5, 5.41) is 13.4. The quantitative estimate of drug-likeness (QED) is 0.537. The smallest absolute Gasteiger partial charge is 0.335 e. The van der Waals surface area contributed by atoms with E-state index < -0.39 is 5.97 Å². The molecule has 1 aliphatic rings. The number of Topliss-reactive ketones (excluding diaryl/α,β-unsaturated/α-hetero) is 1. The first-order chi connectivity index (χ1) is 15.0. The minimum Gasteiger partial charge on any atom is -0.493 e. The van der Waals surface area contributed by atoms with Gasteiger partial charge < -0.3 is 24.5 Å². The Morgan fingerprint density at radius 2 is 2.06 bits per heavy atom. The van der Waals surface area contributed by atoms with Crippen molar-refractivity contribution in [1.82, 2.24) is 0 Å². The molecule has 3 aromatic rings. The molecule has 0 aliphatic carbocycles. The maximum Gasteiger partial charge on any atom is 0.335 e. The Bertz CT molecular complexity index is 1220. The largest absolute Gasteiger partial charge is 0.493 e. The third kappa shape index (κ3) is 4.16. The van der Waals surface area contributed by atoms with Gasteiger partial charge in [0.15, 0.2) is 22.9 Å². The second-order valence-electron chi connectivity index (χ2n) is 7.19. The van der Waals surface area contributed by atoms with Crippen LogP contribution in [0.1, 0.15) is 27.8 Å². The number of fused-ring (bicyclic) bond motifs is 1. The molecule has 0 saturated heterocycles. The highest BCUT2D eigenvalue weighted by atomic mass is 16.5. The third-order valence-corrected chi connectivity index (χ3v) is 5.08. The molecule has 31 heavy (non-hydrogen) atoms. The zero-order valence-electron chi connectivity index (χ0n) is 17.2. The molecule has 0 unspecified atom stereocenters. The lowest BCUT2D eigenvalue weighted by Crippen LogP contribution is -2.21. The predicted molar refractivity (Wildman–Crippen MR) is 119 cm³/mol. The Kier molecular flexibility index (Phi) is 5.49. The van der Waals surface area contributed by atoms with E-state index in [0.717, 1.165) is 22.3 Å². The van der Waals surface area contributed by atoms with Crippen LogP contribution in [-0.2, 0) is 0 Å². The Morgan fingerprint density at radius 3 is 2.81 bits per heavy atom. The molecule has 7 nitrogen and oxygen atoms in total. The molecule has 158 valence electrons. The number of hydrogen-bond acceptors (Lipinski definition) is 6. The molecule has 0 fully saturated rings. The highest BCUT2D eigenvalue weighted by Crippen LogP contribution is 2.34. The van der Waals surface area contributed by atoms with Gasteiger partial charge in [0, 0.05) is 43.0 Å². The summed E-state index contributed by atoms with van der Waals surface area (Å²) in [4.78, 5) is 25.0. The molecular weight excluding hydrogens is 396 g/mol. The van der Waals surface area contributed by atoms with E-state index in [1.54, 1.807) is 37.4 Å². The molecular formula is C24H22N2O5. The van der Waals surface area contributed by atoms with Crippen LogP contribution >= 0.6 is 0 Å². The summed E-state index contributed by atoms with van der Waals surface area (Å²) in [7, 11) is 1.56. The molecule has 7 heteroatoms. The number of nitrogens with zero attached hydrogens (tertiary/aromatic N) is 1. The number of aromatic carboxylic acids is 1. The number of rotatable bonds is 7. The van der Waals surface area contributed by atoms with Crippen LogP contribution in [0.5, 0.6) is 5.75 Å². The number of carboxylic acid groups (broad SMARTS) is 1. The van der Waals surface area contributed by atoms with Crippen molar-refractivity contribution in [3.05, 3.63) is 77.7 Å². The molecule has 4 rings (SSSR count). The predicted octanol–water partition coefficient (Wildman–Crippen LogP) is 4.71.